The van der Waals surface area contributed by atoms with Crippen molar-refractivity contribution < 1.29 is 5.11 Å². The smallest absolute Gasteiger partial charge is 0.189 e. The number of nitrogens with zero attached hydrogens (tertiary/aromatic N) is 2. The van der Waals surface area contributed by atoms with Crippen molar-refractivity contribution in [1.29, 1.82) is 0 Å². The standard InChI is InChI=1S/C15H21N3OS/c1-12(13-8-4-5-9-14(13)19)16-17-15(20)18-10-6-2-3-7-11-18/h4-5,8-9,19H,2-3,6-7,10-11H2,1H3,(H,17,20). The van der Waals surface area contributed by atoms with E-state index in [9.17, 15) is 5.11 Å². The largest absolute Gasteiger partial charge is 0.507 e. The molecular weight excluding hydrogens is 270 g/mol. The first kappa shape index (κ1) is 14.8. The quantitative estimate of drug-likeness (QED) is 0.500. The molecule has 1 aliphatic heterocycles. The average molecular weight is 291 g/mol. The number of rotatable bonds is 2. The molecule has 2 N–H and O–H groups in total. The number of hydrogen-bond donors (Lipinski definition) is 2. The van der Waals surface area contributed by atoms with Crippen LogP contribution >= 0.6 is 12.2 Å². The second kappa shape index (κ2) is 7.24. The summed E-state index contributed by atoms with van der Waals surface area (Å²) in [4.78, 5) is 2.17. The molecule has 0 bridgehead atoms. The Balaban J connectivity index is 1.97. The van der Waals surface area contributed by atoms with Crippen LogP contribution in [0.2, 0.25) is 0 Å². The number of phenols is 1. The fraction of sp³-hybridized carbons (Fsp3) is 0.467. The van der Waals surface area contributed by atoms with E-state index in [4.69, 9.17) is 12.2 Å². The average Bonchev–Trinajstić information content (AvgIpc) is 2.74. The van der Waals surface area contributed by atoms with Gasteiger partial charge in [0.05, 0.1) is 5.71 Å². The predicted octanol–water partition coefficient (Wildman–Crippen LogP) is 2.87. The van der Waals surface area contributed by atoms with Gasteiger partial charge >= 0.3 is 0 Å². The zero-order valence-corrected chi connectivity index (χ0v) is 12.6. The van der Waals surface area contributed by atoms with Crippen molar-refractivity contribution in [3.8, 4) is 5.75 Å². The summed E-state index contributed by atoms with van der Waals surface area (Å²) in [7, 11) is 0. The minimum atomic E-state index is 0.233. The van der Waals surface area contributed by atoms with Crippen LogP contribution in [0.25, 0.3) is 0 Å². The zero-order valence-electron chi connectivity index (χ0n) is 11.8. The SMILES string of the molecule is CC(=NNC(=S)N1CCCCCC1)c1ccccc1O. The van der Waals surface area contributed by atoms with Gasteiger partial charge in [-0.15, -0.1) is 0 Å². The van der Waals surface area contributed by atoms with Gasteiger partial charge in [-0.1, -0.05) is 25.0 Å². The molecule has 1 aliphatic rings. The molecule has 0 amide bonds. The summed E-state index contributed by atoms with van der Waals surface area (Å²) in [5, 5.41) is 14.7. The number of hydrazone groups is 1. The lowest BCUT2D eigenvalue weighted by atomic mass is 10.1. The third-order valence-electron chi connectivity index (χ3n) is 3.51. The molecule has 0 spiro atoms. The number of nitrogens with one attached hydrogen (secondary N) is 1. The van der Waals surface area contributed by atoms with E-state index in [-0.39, 0.29) is 5.75 Å². The molecule has 108 valence electrons. The lowest BCUT2D eigenvalue weighted by Crippen LogP contribution is -2.38. The summed E-state index contributed by atoms with van der Waals surface area (Å²) in [6.07, 6.45) is 4.92. The monoisotopic (exact) mass is 291 g/mol. The number of aromatic hydroxyl groups is 1. The maximum Gasteiger partial charge on any atom is 0.189 e. The van der Waals surface area contributed by atoms with Crippen LogP contribution in [0.5, 0.6) is 5.75 Å². The Kier molecular flexibility index (Phi) is 5.35. The number of hydrogen-bond acceptors (Lipinski definition) is 3. The van der Waals surface area contributed by atoms with E-state index >= 15 is 0 Å². The van der Waals surface area contributed by atoms with Crippen molar-refractivity contribution in [3.63, 3.8) is 0 Å². The van der Waals surface area contributed by atoms with Gasteiger partial charge < -0.3 is 10.0 Å². The summed E-state index contributed by atoms with van der Waals surface area (Å²) in [5.41, 5.74) is 4.38. The fourth-order valence-electron chi connectivity index (χ4n) is 2.32. The van der Waals surface area contributed by atoms with Gasteiger partial charge in [-0.2, -0.15) is 5.10 Å². The Morgan fingerprint density at radius 3 is 2.50 bits per heavy atom. The number of para-hydroxylation sites is 1. The van der Waals surface area contributed by atoms with Crippen LogP contribution in [0.3, 0.4) is 0 Å². The third-order valence-corrected chi connectivity index (χ3v) is 3.86. The molecule has 4 nitrogen and oxygen atoms in total. The summed E-state index contributed by atoms with van der Waals surface area (Å²) in [5.74, 6) is 0.233. The molecule has 0 unspecified atom stereocenters. The number of likely N-dealkylation sites (tertiary alicyclic amines) is 1. The molecule has 20 heavy (non-hydrogen) atoms. The molecular formula is C15H21N3OS. The van der Waals surface area contributed by atoms with Crippen LogP contribution in [-0.2, 0) is 0 Å². The lowest BCUT2D eigenvalue weighted by molar-refractivity contribution is 0.428. The Morgan fingerprint density at radius 1 is 1.20 bits per heavy atom. The molecule has 5 heteroatoms. The number of benzene rings is 1. The van der Waals surface area contributed by atoms with Gasteiger partial charge in [0.2, 0.25) is 0 Å². The van der Waals surface area contributed by atoms with E-state index < -0.39 is 0 Å². The molecule has 0 atom stereocenters. The van der Waals surface area contributed by atoms with Gasteiger partial charge in [0.25, 0.3) is 0 Å². The van der Waals surface area contributed by atoms with Crippen molar-refractivity contribution >= 4 is 23.0 Å². The molecule has 0 radical (unpaired) electrons. The summed E-state index contributed by atoms with van der Waals surface area (Å²) < 4.78 is 0. The first-order valence-electron chi connectivity index (χ1n) is 7.06. The second-order valence-electron chi connectivity index (χ2n) is 5.03. The van der Waals surface area contributed by atoms with E-state index in [0.29, 0.717) is 5.11 Å². The summed E-state index contributed by atoms with van der Waals surface area (Å²) in [6, 6.07) is 7.16. The highest BCUT2D eigenvalue weighted by molar-refractivity contribution is 7.80. The van der Waals surface area contributed by atoms with Gasteiger partial charge in [0.1, 0.15) is 5.75 Å². The number of phenolic OH excluding ortho intramolecular Hbond substituents is 1. The molecule has 2 rings (SSSR count). The lowest BCUT2D eigenvalue weighted by Gasteiger charge is -2.22. The van der Waals surface area contributed by atoms with E-state index in [0.717, 1.165) is 24.4 Å². The molecule has 1 fully saturated rings. The fourth-order valence-corrected chi connectivity index (χ4v) is 2.54. The molecule has 0 aliphatic carbocycles. The maximum absolute atomic E-state index is 9.78. The first-order chi connectivity index (χ1) is 9.68. The second-order valence-corrected chi connectivity index (χ2v) is 5.42. The highest BCUT2D eigenvalue weighted by Crippen LogP contribution is 2.16. The predicted molar refractivity (Wildman–Crippen MR) is 86.1 cm³/mol. The van der Waals surface area contributed by atoms with Crippen molar-refractivity contribution in [2.75, 3.05) is 13.1 Å². The Labute approximate surface area is 125 Å². The first-order valence-corrected chi connectivity index (χ1v) is 7.47. The van der Waals surface area contributed by atoms with E-state index in [1.807, 2.05) is 19.1 Å². The Bertz CT molecular complexity index is 494. The molecule has 1 aromatic carbocycles. The van der Waals surface area contributed by atoms with E-state index in [1.54, 1.807) is 12.1 Å². The summed E-state index contributed by atoms with van der Waals surface area (Å²) in [6.45, 7) is 3.85. The normalized spacial score (nSPS) is 16.6. The Morgan fingerprint density at radius 2 is 1.85 bits per heavy atom. The molecule has 0 saturated carbocycles. The van der Waals surface area contributed by atoms with E-state index in [2.05, 4.69) is 15.4 Å². The van der Waals surface area contributed by atoms with Crippen LogP contribution in [-0.4, -0.2) is 33.9 Å². The minimum Gasteiger partial charge on any atom is -0.507 e. The zero-order chi connectivity index (χ0) is 14.4. The van der Waals surface area contributed by atoms with Crippen LogP contribution < -0.4 is 5.43 Å². The minimum absolute atomic E-state index is 0.233. The summed E-state index contributed by atoms with van der Waals surface area (Å²) >= 11 is 5.38. The Hall–Kier alpha value is -1.62. The molecule has 0 aromatic heterocycles. The van der Waals surface area contributed by atoms with Gasteiger partial charge in [0.15, 0.2) is 5.11 Å². The van der Waals surface area contributed by atoms with Crippen molar-refractivity contribution in [1.82, 2.24) is 10.3 Å². The van der Waals surface area contributed by atoms with Gasteiger partial charge in [-0.05, 0) is 44.1 Å². The van der Waals surface area contributed by atoms with Crippen molar-refractivity contribution in [2.24, 2.45) is 5.10 Å². The van der Waals surface area contributed by atoms with Gasteiger partial charge in [0, 0.05) is 18.7 Å². The molecule has 1 saturated heterocycles. The van der Waals surface area contributed by atoms with Gasteiger partial charge in [-0.25, -0.2) is 0 Å². The number of thiocarbonyl (C=S) groups is 1. The topological polar surface area (TPSA) is 47.9 Å². The maximum atomic E-state index is 9.78. The van der Waals surface area contributed by atoms with Crippen molar-refractivity contribution in [3.05, 3.63) is 29.8 Å². The third kappa shape index (κ3) is 3.93. The van der Waals surface area contributed by atoms with E-state index in [1.165, 1.54) is 25.7 Å². The van der Waals surface area contributed by atoms with Crippen molar-refractivity contribution in [2.45, 2.75) is 32.6 Å². The highest BCUT2D eigenvalue weighted by atomic mass is 32.1. The highest BCUT2D eigenvalue weighted by Gasteiger charge is 2.12. The molecule has 1 heterocycles. The van der Waals surface area contributed by atoms with Crippen LogP contribution in [0.15, 0.2) is 29.4 Å². The molecule has 1 aromatic rings. The van der Waals surface area contributed by atoms with Crippen LogP contribution in [0.1, 0.15) is 38.2 Å². The van der Waals surface area contributed by atoms with Crippen LogP contribution in [0.4, 0.5) is 0 Å². The van der Waals surface area contributed by atoms with Gasteiger partial charge in [-0.3, -0.25) is 5.43 Å². The van der Waals surface area contributed by atoms with Crippen LogP contribution in [0, 0.1) is 0 Å².